The van der Waals surface area contributed by atoms with Gasteiger partial charge < -0.3 is 4.90 Å². The van der Waals surface area contributed by atoms with E-state index in [1.165, 1.54) is 50.0 Å². The van der Waals surface area contributed by atoms with E-state index < -0.39 is 0 Å². The highest BCUT2D eigenvalue weighted by Crippen LogP contribution is 2.28. The third-order valence-corrected chi connectivity index (χ3v) is 3.97. The molecule has 88 valence electrons. The lowest BCUT2D eigenvalue weighted by Crippen LogP contribution is -2.24. The Kier molecular flexibility index (Phi) is 4.54. The minimum atomic E-state index is 0.827. The molecule has 0 N–H and O–H groups in total. The summed E-state index contributed by atoms with van der Waals surface area (Å²) in [4.78, 5) is 2.50. The van der Waals surface area contributed by atoms with Gasteiger partial charge in [-0.1, -0.05) is 40.4 Å². The highest BCUT2D eigenvalue weighted by molar-refractivity contribution is 9.08. The lowest BCUT2D eigenvalue weighted by atomic mass is 10.1. The minimum absolute atomic E-state index is 0.827. The fourth-order valence-corrected chi connectivity index (χ4v) is 2.93. The molecular weight excluding hydrogens is 286 g/mol. The van der Waals surface area contributed by atoms with Crippen LogP contribution in [0.25, 0.3) is 0 Å². The van der Waals surface area contributed by atoms with Gasteiger partial charge in [0, 0.05) is 29.1 Å². The monoisotopic (exact) mass is 301 g/mol. The number of hydrogen-bond donors (Lipinski definition) is 0. The Labute approximate surface area is 111 Å². The van der Waals surface area contributed by atoms with Crippen molar-refractivity contribution in [2.45, 2.75) is 31.0 Å². The first-order chi connectivity index (χ1) is 7.81. The number of hydrogen-bond acceptors (Lipinski definition) is 1. The van der Waals surface area contributed by atoms with E-state index in [1.54, 1.807) is 0 Å². The smallest absolute Gasteiger partial charge is 0.0410 e. The Bertz CT molecular complexity index is 346. The average Bonchev–Trinajstić information content (AvgIpc) is 2.57. The predicted molar refractivity (Wildman–Crippen MR) is 74.8 cm³/mol. The van der Waals surface area contributed by atoms with Crippen LogP contribution in [0.2, 0.25) is 5.02 Å². The number of halogens is 2. The zero-order chi connectivity index (χ0) is 11.4. The van der Waals surface area contributed by atoms with Crippen molar-refractivity contribution in [2.75, 3.05) is 18.0 Å². The molecule has 0 saturated carbocycles. The Hall–Kier alpha value is -0.210. The highest BCUT2D eigenvalue weighted by Gasteiger charge is 2.13. The quantitative estimate of drug-likeness (QED) is 0.721. The van der Waals surface area contributed by atoms with Crippen LogP contribution in [0.15, 0.2) is 18.2 Å². The van der Waals surface area contributed by atoms with Crippen LogP contribution in [0.4, 0.5) is 5.69 Å². The van der Waals surface area contributed by atoms with Crippen LogP contribution < -0.4 is 4.90 Å². The zero-order valence-electron chi connectivity index (χ0n) is 9.38. The molecule has 0 unspecified atom stereocenters. The molecule has 1 fully saturated rings. The van der Waals surface area contributed by atoms with Crippen molar-refractivity contribution in [1.82, 2.24) is 0 Å². The van der Waals surface area contributed by atoms with Gasteiger partial charge in [-0.25, -0.2) is 0 Å². The second kappa shape index (κ2) is 5.92. The van der Waals surface area contributed by atoms with Gasteiger partial charge in [0.25, 0.3) is 0 Å². The molecule has 1 aliphatic heterocycles. The summed E-state index contributed by atoms with van der Waals surface area (Å²) in [7, 11) is 0. The molecule has 1 aromatic carbocycles. The molecule has 0 bridgehead atoms. The zero-order valence-corrected chi connectivity index (χ0v) is 11.7. The van der Waals surface area contributed by atoms with E-state index >= 15 is 0 Å². The molecule has 0 aromatic heterocycles. The van der Waals surface area contributed by atoms with E-state index in [4.69, 9.17) is 11.6 Å². The maximum absolute atomic E-state index is 6.03. The summed E-state index contributed by atoms with van der Waals surface area (Å²) in [6.07, 6.45) is 5.36. The van der Waals surface area contributed by atoms with Crippen molar-refractivity contribution in [2.24, 2.45) is 0 Å². The number of anilines is 1. The van der Waals surface area contributed by atoms with Gasteiger partial charge >= 0.3 is 0 Å². The van der Waals surface area contributed by atoms with Crippen molar-refractivity contribution in [1.29, 1.82) is 0 Å². The molecule has 2 rings (SSSR count). The van der Waals surface area contributed by atoms with Gasteiger partial charge in [-0.05, 0) is 36.6 Å². The number of benzene rings is 1. The van der Waals surface area contributed by atoms with E-state index in [0.29, 0.717) is 0 Å². The number of alkyl halides is 1. The van der Waals surface area contributed by atoms with Gasteiger partial charge in [-0.15, -0.1) is 0 Å². The molecular formula is C13H17BrClN. The summed E-state index contributed by atoms with van der Waals surface area (Å²) in [6.45, 7) is 2.36. The number of nitrogens with zero attached hydrogens (tertiary/aromatic N) is 1. The standard InChI is InChI=1S/C13H17BrClN/c14-10-11-9-12(15)5-6-13(11)16-7-3-1-2-4-8-16/h5-6,9H,1-4,7-8,10H2. The fourth-order valence-electron chi connectivity index (χ4n) is 2.28. The molecule has 1 saturated heterocycles. The molecule has 0 radical (unpaired) electrons. The van der Waals surface area contributed by atoms with Gasteiger partial charge in [-0.3, -0.25) is 0 Å². The Morgan fingerprint density at radius 2 is 1.81 bits per heavy atom. The van der Waals surface area contributed by atoms with Crippen LogP contribution in [0.1, 0.15) is 31.2 Å². The molecule has 0 amide bonds. The van der Waals surface area contributed by atoms with E-state index in [0.717, 1.165) is 10.4 Å². The molecule has 1 heterocycles. The molecule has 16 heavy (non-hydrogen) atoms. The average molecular weight is 303 g/mol. The first-order valence-electron chi connectivity index (χ1n) is 5.90. The first-order valence-corrected chi connectivity index (χ1v) is 7.40. The molecule has 0 atom stereocenters. The molecule has 3 heteroatoms. The molecule has 1 nitrogen and oxygen atoms in total. The molecule has 1 aromatic rings. The fraction of sp³-hybridized carbons (Fsp3) is 0.538. The van der Waals surface area contributed by atoms with Gasteiger partial charge in [0.1, 0.15) is 0 Å². The topological polar surface area (TPSA) is 3.24 Å². The first kappa shape index (κ1) is 12.3. The largest absolute Gasteiger partial charge is 0.371 e. The van der Waals surface area contributed by atoms with Crippen molar-refractivity contribution < 1.29 is 0 Å². The van der Waals surface area contributed by atoms with Gasteiger partial charge in [0.05, 0.1) is 0 Å². The van der Waals surface area contributed by atoms with Crippen LogP contribution in [-0.4, -0.2) is 13.1 Å². The Morgan fingerprint density at radius 3 is 2.44 bits per heavy atom. The third-order valence-electron chi connectivity index (χ3n) is 3.13. The van der Waals surface area contributed by atoms with Crippen molar-refractivity contribution >= 4 is 33.2 Å². The van der Waals surface area contributed by atoms with Crippen molar-refractivity contribution in [3.8, 4) is 0 Å². The van der Waals surface area contributed by atoms with E-state index in [9.17, 15) is 0 Å². The number of rotatable bonds is 2. The lowest BCUT2D eigenvalue weighted by Gasteiger charge is -2.25. The normalized spacial score (nSPS) is 17.2. The SMILES string of the molecule is Clc1ccc(N2CCCCCC2)c(CBr)c1. The summed E-state index contributed by atoms with van der Waals surface area (Å²) in [5.74, 6) is 0. The maximum Gasteiger partial charge on any atom is 0.0410 e. The summed E-state index contributed by atoms with van der Waals surface area (Å²) < 4.78 is 0. The van der Waals surface area contributed by atoms with Gasteiger partial charge in [0.2, 0.25) is 0 Å². The van der Waals surface area contributed by atoms with Gasteiger partial charge in [0.15, 0.2) is 0 Å². The Balaban J connectivity index is 2.23. The second-order valence-electron chi connectivity index (χ2n) is 4.31. The highest BCUT2D eigenvalue weighted by atomic mass is 79.9. The summed E-state index contributed by atoms with van der Waals surface area (Å²) in [5, 5.41) is 1.70. The van der Waals surface area contributed by atoms with Crippen LogP contribution in [0.5, 0.6) is 0 Å². The van der Waals surface area contributed by atoms with Crippen LogP contribution >= 0.6 is 27.5 Å². The molecule has 0 aliphatic carbocycles. The van der Waals surface area contributed by atoms with Crippen LogP contribution in [0, 0.1) is 0 Å². The third kappa shape index (κ3) is 2.92. The summed E-state index contributed by atoms with van der Waals surface area (Å²) >= 11 is 9.57. The van der Waals surface area contributed by atoms with E-state index in [-0.39, 0.29) is 0 Å². The van der Waals surface area contributed by atoms with E-state index in [2.05, 4.69) is 33.0 Å². The van der Waals surface area contributed by atoms with Crippen molar-refractivity contribution in [3.63, 3.8) is 0 Å². The maximum atomic E-state index is 6.03. The molecule has 1 aliphatic rings. The van der Waals surface area contributed by atoms with Crippen molar-refractivity contribution in [3.05, 3.63) is 28.8 Å². The molecule has 0 spiro atoms. The summed E-state index contributed by atoms with van der Waals surface area (Å²) in [5.41, 5.74) is 2.65. The lowest BCUT2D eigenvalue weighted by molar-refractivity contribution is 0.726. The van der Waals surface area contributed by atoms with Crippen LogP contribution in [0.3, 0.4) is 0 Å². The minimum Gasteiger partial charge on any atom is -0.371 e. The Morgan fingerprint density at radius 1 is 1.12 bits per heavy atom. The van der Waals surface area contributed by atoms with Crippen LogP contribution in [-0.2, 0) is 5.33 Å². The van der Waals surface area contributed by atoms with Gasteiger partial charge in [-0.2, -0.15) is 0 Å². The van der Waals surface area contributed by atoms with E-state index in [1.807, 2.05) is 6.07 Å². The summed E-state index contributed by atoms with van der Waals surface area (Å²) in [6, 6.07) is 6.22. The predicted octanol–water partition coefficient (Wildman–Crippen LogP) is 4.62. The second-order valence-corrected chi connectivity index (χ2v) is 5.31.